The van der Waals surface area contributed by atoms with Gasteiger partial charge in [-0.25, -0.2) is 0 Å². The lowest BCUT2D eigenvalue weighted by Crippen LogP contribution is -2.42. The molecule has 1 saturated carbocycles. The monoisotopic (exact) mass is 303 g/mol. The van der Waals surface area contributed by atoms with Crippen LogP contribution in [0.3, 0.4) is 0 Å². The fourth-order valence-corrected chi connectivity index (χ4v) is 2.67. The van der Waals surface area contributed by atoms with E-state index in [2.05, 4.69) is 5.32 Å². The molecular weight excluding hydrogens is 289 g/mol. The zero-order valence-corrected chi connectivity index (χ0v) is 12.0. The fourth-order valence-electron chi connectivity index (χ4n) is 2.17. The predicted octanol–water partition coefficient (Wildman–Crippen LogP) is 3.60. The number of phenols is 1. The zero-order chi connectivity index (χ0) is 14.0. The van der Waals surface area contributed by atoms with Gasteiger partial charge in [0.2, 0.25) is 5.91 Å². The van der Waals surface area contributed by atoms with Gasteiger partial charge in [-0.1, -0.05) is 23.2 Å². The minimum atomic E-state index is -0.359. The van der Waals surface area contributed by atoms with Crippen LogP contribution in [0.25, 0.3) is 0 Å². The third kappa shape index (κ3) is 3.14. The molecule has 1 aliphatic rings. The first-order chi connectivity index (χ1) is 8.96. The number of amides is 1. The number of carbonyl (C=O) groups is 1. The van der Waals surface area contributed by atoms with E-state index in [4.69, 9.17) is 27.9 Å². The number of carbonyl (C=O) groups excluding carboxylic acids is 1. The quantitative estimate of drug-likeness (QED) is 0.836. The van der Waals surface area contributed by atoms with Gasteiger partial charge in [0.05, 0.1) is 22.7 Å². The van der Waals surface area contributed by atoms with Crippen LogP contribution in [0.4, 0.5) is 5.69 Å². The Bertz CT molecular complexity index is 495. The minimum absolute atomic E-state index is 0.105. The summed E-state index contributed by atoms with van der Waals surface area (Å²) in [6.45, 7) is 0. The first kappa shape index (κ1) is 14.4. The maximum atomic E-state index is 12.0. The lowest BCUT2D eigenvalue weighted by Gasteiger charge is -2.39. The Hall–Kier alpha value is -0.970. The van der Waals surface area contributed by atoms with E-state index in [1.807, 2.05) is 0 Å². The lowest BCUT2D eigenvalue weighted by atomic mass is 9.77. The summed E-state index contributed by atoms with van der Waals surface area (Å²) < 4.78 is 5.38. The van der Waals surface area contributed by atoms with Gasteiger partial charge in [-0.3, -0.25) is 4.79 Å². The van der Waals surface area contributed by atoms with E-state index in [1.165, 1.54) is 12.1 Å². The van der Waals surface area contributed by atoms with Crippen LogP contribution in [0.2, 0.25) is 10.0 Å². The van der Waals surface area contributed by atoms with E-state index in [-0.39, 0.29) is 34.4 Å². The summed E-state index contributed by atoms with van der Waals surface area (Å²) in [5.74, 6) is -0.408. The summed E-state index contributed by atoms with van der Waals surface area (Å²) in [6.07, 6.45) is 3.07. The zero-order valence-electron chi connectivity index (χ0n) is 10.5. The molecule has 0 spiro atoms. The fraction of sp³-hybridized carbons (Fsp3) is 0.462. The number of rotatable bonds is 4. The first-order valence-corrected chi connectivity index (χ1v) is 6.74. The molecule has 104 valence electrons. The van der Waals surface area contributed by atoms with E-state index >= 15 is 0 Å². The van der Waals surface area contributed by atoms with Crippen LogP contribution in [0, 0.1) is 0 Å². The second-order valence-corrected chi connectivity index (χ2v) is 5.59. The second kappa shape index (κ2) is 5.57. The highest BCUT2D eigenvalue weighted by Gasteiger charge is 2.39. The Morgan fingerprint density at radius 3 is 2.68 bits per heavy atom. The normalized spacial score (nSPS) is 16.8. The van der Waals surface area contributed by atoms with Crippen molar-refractivity contribution in [3.63, 3.8) is 0 Å². The standard InChI is InChI=1S/C13H15Cl2NO3/c1-19-13(3-2-4-13)7-11(17)16-10-6-8(14)5-9(15)12(10)18/h5-6,18H,2-4,7H2,1H3,(H,16,17). The average Bonchev–Trinajstić information content (AvgIpc) is 2.30. The van der Waals surface area contributed by atoms with Crippen LogP contribution >= 0.6 is 23.2 Å². The molecular formula is C13H15Cl2NO3. The summed E-state index contributed by atoms with van der Waals surface area (Å²) in [7, 11) is 1.61. The van der Waals surface area contributed by atoms with Crippen molar-refractivity contribution in [2.75, 3.05) is 12.4 Å². The van der Waals surface area contributed by atoms with Gasteiger partial charge in [0.25, 0.3) is 0 Å². The van der Waals surface area contributed by atoms with Crippen molar-refractivity contribution >= 4 is 34.8 Å². The number of ether oxygens (including phenoxy) is 1. The molecule has 1 aliphatic carbocycles. The number of hydrogen-bond acceptors (Lipinski definition) is 3. The molecule has 1 aromatic carbocycles. The van der Waals surface area contributed by atoms with Crippen LogP contribution in [0.15, 0.2) is 12.1 Å². The van der Waals surface area contributed by atoms with E-state index in [9.17, 15) is 9.90 Å². The number of halogens is 2. The van der Waals surface area contributed by atoms with Crippen LogP contribution in [-0.2, 0) is 9.53 Å². The molecule has 4 nitrogen and oxygen atoms in total. The lowest BCUT2D eigenvalue weighted by molar-refractivity contribution is -0.129. The van der Waals surface area contributed by atoms with Gasteiger partial charge in [0.15, 0.2) is 5.75 Å². The van der Waals surface area contributed by atoms with Gasteiger partial charge >= 0.3 is 0 Å². The number of methoxy groups -OCH3 is 1. The molecule has 0 radical (unpaired) electrons. The molecule has 0 saturated heterocycles. The first-order valence-electron chi connectivity index (χ1n) is 5.99. The van der Waals surface area contributed by atoms with E-state index < -0.39 is 0 Å². The molecule has 1 amide bonds. The van der Waals surface area contributed by atoms with Crippen LogP contribution < -0.4 is 5.32 Å². The summed E-state index contributed by atoms with van der Waals surface area (Å²) in [4.78, 5) is 12.0. The van der Waals surface area contributed by atoms with Crippen molar-refractivity contribution in [2.24, 2.45) is 0 Å². The number of nitrogens with one attached hydrogen (secondary N) is 1. The summed E-state index contributed by atoms with van der Waals surface area (Å²) in [5.41, 5.74) is -0.143. The van der Waals surface area contributed by atoms with Crippen molar-refractivity contribution in [3.8, 4) is 5.75 Å². The van der Waals surface area contributed by atoms with Crippen molar-refractivity contribution in [2.45, 2.75) is 31.3 Å². The molecule has 2 N–H and O–H groups in total. The number of benzene rings is 1. The average molecular weight is 304 g/mol. The third-order valence-electron chi connectivity index (χ3n) is 3.48. The van der Waals surface area contributed by atoms with Crippen molar-refractivity contribution in [1.82, 2.24) is 0 Å². The van der Waals surface area contributed by atoms with Gasteiger partial charge in [0.1, 0.15) is 0 Å². The highest BCUT2D eigenvalue weighted by molar-refractivity contribution is 6.36. The number of hydrogen-bond donors (Lipinski definition) is 2. The minimum Gasteiger partial charge on any atom is -0.504 e. The molecule has 0 atom stereocenters. The number of phenolic OH excluding ortho intramolecular Hbond substituents is 1. The molecule has 19 heavy (non-hydrogen) atoms. The van der Waals surface area contributed by atoms with Gasteiger partial charge in [-0.2, -0.15) is 0 Å². The number of aromatic hydroxyl groups is 1. The molecule has 0 bridgehead atoms. The Labute approximate surface area is 121 Å². The Kier molecular flexibility index (Phi) is 4.23. The Morgan fingerprint density at radius 2 is 2.16 bits per heavy atom. The molecule has 0 heterocycles. The maximum Gasteiger partial charge on any atom is 0.227 e. The highest BCUT2D eigenvalue weighted by atomic mass is 35.5. The predicted molar refractivity (Wildman–Crippen MR) is 75.0 cm³/mol. The second-order valence-electron chi connectivity index (χ2n) is 4.75. The van der Waals surface area contributed by atoms with E-state index in [1.54, 1.807) is 7.11 Å². The molecule has 6 heteroatoms. The van der Waals surface area contributed by atoms with Gasteiger partial charge in [-0.15, -0.1) is 0 Å². The molecule has 2 rings (SSSR count). The van der Waals surface area contributed by atoms with Gasteiger partial charge < -0.3 is 15.2 Å². The molecule has 0 unspecified atom stereocenters. The van der Waals surface area contributed by atoms with Crippen LogP contribution in [-0.4, -0.2) is 23.7 Å². The molecule has 0 aromatic heterocycles. The Balaban J connectivity index is 2.07. The van der Waals surface area contributed by atoms with Gasteiger partial charge in [-0.05, 0) is 31.4 Å². The van der Waals surface area contributed by atoms with E-state index in [0.29, 0.717) is 5.02 Å². The largest absolute Gasteiger partial charge is 0.504 e. The maximum absolute atomic E-state index is 12.0. The van der Waals surface area contributed by atoms with Gasteiger partial charge in [0, 0.05) is 12.1 Å². The summed E-state index contributed by atoms with van der Waals surface area (Å²) in [5, 5.41) is 12.8. The van der Waals surface area contributed by atoms with Crippen LogP contribution in [0.5, 0.6) is 5.75 Å². The number of anilines is 1. The third-order valence-corrected chi connectivity index (χ3v) is 3.99. The van der Waals surface area contributed by atoms with Crippen molar-refractivity contribution in [3.05, 3.63) is 22.2 Å². The molecule has 0 aliphatic heterocycles. The highest BCUT2D eigenvalue weighted by Crippen LogP contribution is 2.39. The van der Waals surface area contributed by atoms with Crippen molar-refractivity contribution < 1.29 is 14.6 Å². The summed E-state index contributed by atoms with van der Waals surface area (Å²) >= 11 is 11.6. The van der Waals surface area contributed by atoms with E-state index in [0.717, 1.165) is 19.3 Å². The topological polar surface area (TPSA) is 58.6 Å². The summed E-state index contributed by atoms with van der Waals surface area (Å²) in [6, 6.07) is 2.87. The van der Waals surface area contributed by atoms with Crippen molar-refractivity contribution in [1.29, 1.82) is 0 Å². The molecule has 1 fully saturated rings. The molecule has 1 aromatic rings. The smallest absolute Gasteiger partial charge is 0.227 e. The Morgan fingerprint density at radius 1 is 1.47 bits per heavy atom. The van der Waals surface area contributed by atoms with Crippen LogP contribution in [0.1, 0.15) is 25.7 Å². The SMILES string of the molecule is COC1(CC(=O)Nc2cc(Cl)cc(Cl)c2O)CCC1.